The van der Waals surface area contributed by atoms with Crippen molar-refractivity contribution in [3.05, 3.63) is 172 Å². The molecular formula is C44H33N7O6. The number of anilines is 5. The zero-order valence-electron chi connectivity index (χ0n) is 30.9. The highest BCUT2D eigenvalue weighted by Crippen LogP contribution is 2.37. The molecule has 0 aliphatic carbocycles. The molecule has 4 N–H and O–H groups in total. The quantitative estimate of drug-likeness (QED) is 0.141. The predicted molar refractivity (Wildman–Crippen MR) is 214 cm³/mol. The molecule has 2 aliphatic heterocycles. The van der Waals surface area contributed by atoms with Crippen molar-refractivity contribution < 1.29 is 28.8 Å². The monoisotopic (exact) mass is 755 g/mol. The van der Waals surface area contributed by atoms with E-state index in [2.05, 4.69) is 20.6 Å². The maximum atomic E-state index is 13.5. The van der Waals surface area contributed by atoms with E-state index in [1.165, 1.54) is 42.6 Å². The van der Waals surface area contributed by atoms with Gasteiger partial charge in [-0.15, -0.1) is 0 Å². The van der Waals surface area contributed by atoms with Crippen molar-refractivity contribution in [2.75, 3.05) is 26.2 Å². The lowest BCUT2D eigenvalue weighted by molar-refractivity contribution is 0.0910. The Balaban J connectivity index is 0.958. The number of carbonyl (C=O) groups excluding carboxylic acids is 6. The van der Waals surface area contributed by atoms with E-state index in [0.29, 0.717) is 22.9 Å². The van der Waals surface area contributed by atoms with Crippen molar-refractivity contribution in [3.8, 4) is 0 Å². The predicted octanol–water partition coefficient (Wildman–Crippen LogP) is 6.80. The van der Waals surface area contributed by atoms with Gasteiger partial charge < -0.3 is 16.4 Å². The molecule has 4 heterocycles. The summed E-state index contributed by atoms with van der Waals surface area (Å²) in [5, 5.41) is 5.36. The highest BCUT2D eigenvalue weighted by molar-refractivity contribution is 6.35. The van der Waals surface area contributed by atoms with Crippen molar-refractivity contribution in [2.24, 2.45) is 0 Å². The van der Waals surface area contributed by atoms with Crippen molar-refractivity contribution in [1.29, 1.82) is 0 Å². The maximum absolute atomic E-state index is 13.5. The third kappa shape index (κ3) is 6.46. The SMILES string of the molecule is Cc1ccc(NC(=O)c2ccc3c(c2)C(=O)N(c2ccc(C(C)(C)c4ccc(N5C(=O)c6ccc(C(=O)Nc7ccc(N)cn7)cc6C5=O)cc4)cc2)C3=O)nc1. The summed E-state index contributed by atoms with van der Waals surface area (Å²) in [6.45, 7) is 5.90. The number of pyridine rings is 2. The molecular weight excluding hydrogens is 723 g/mol. The number of fused-ring (bicyclic) bond motifs is 2. The molecule has 6 aromatic rings. The van der Waals surface area contributed by atoms with E-state index in [1.807, 2.05) is 51.1 Å². The minimum absolute atomic E-state index is 0.113. The first-order chi connectivity index (χ1) is 27.3. The summed E-state index contributed by atoms with van der Waals surface area (Å²) in [6, 6.07) is 29.5. The van der Waals surface area contributed by atoms with Gasteiger partial charge in [-0.05, 0) is 102 Å². The normalized spacial score (nSPS) is 13.5. The van der Waals surface area contributed by atoms with Gasteiger partial charge in [-0.2, -0.15) is 0 Å². The standard InChI is InChI=1S/C44H33N7O6/c1-24-4-18-36(46-22-24)48-38(52)25-5-16-32-34(20-25)42(56)50(40(32)54)30-12-7-27(8-13-30)44(2,3)28-9-14-31(15-10-28)51-41(55)33-17-6-26(21-35(33)43(51)57)39(53)49-37-19-11-29(45)23-47-37/h4-23H,45H2,1-3H3,(H,46,48,52)(H,47,49,53). The summed E-state index contributed by atoms with van der Waals surface area (Å²) >= 11 is 0. The number of aryl methyl sites for hydroxylation is 1. The summed E-state index contributed by atoms with van der Waals surface area (Å²) in [6.07, 6.45) is 3.04. The molecule has 280 valence electrons. The zero-order valence-corrected chi connectivity index (χ0v) is 30.9. The van der Waals surface area contributed by atoms with Crippen LogP contribution in [0, 0.1) is 6.92 Å². The van der Waals surface area contributed by atoms with Gasteiger partial charge in [-0.3, -0.25) is 28.8 Å². The molecule has 2 aromatic heterocycles. The number of rotatable bonds is 8. The van der Waals surface area contributed by atoms with Gasteiger partial charge in [0.2, 0.25) is 0 Å². The lowest BCUT2D eigenvalue weighted by Gasteiger charge is -2.27. The largest absolute Gasteiger partial charge is 0.397 e. The minimum atomic E-state index is -0.572. The summed E-state index contributed by atoms with van der Waals surface area (Å²) in [4.78, 5) is 90.2. The van der Waals surface area contributed by atoms with Crippen LogP contribution in [0.1, 0.15) is 92.7 Å². The molecule has 57 heavy (non-hydrogen) atoms. The molecule has 13 nitrogen and oxygen atoms in total. The van der Waals surface area contributed by atoms with Crippen LogP contribution in [0.5, 0.6) is 0 Å². The fourth-order valence-electron chi connectivity index (χ4n) is 6.85. The second-order valence-corrected chi connectivity index (χ2v) is 14.2. The van der Waals surface area contributed by atoms with Gasteiger partial charge in [-0.1, -0.05) is 44.2 Å². The van der Waals surface area contributed by atoms with E-state index < -0.39 is 40.9 Å². The first-order valence-electron chi connectivity index (χ1n) is 17.8. The summed E-state index contributed by atoms with van der Waals surface area (Å²) < 4.78 is 0. The molecule has 0 bridgehead atoms. The molecule has 0 spiro atoms. The van der Waals surface area contributed by atoms with E-state index in [4.69, 9.17) is 5.73 Å². The number of aromatic nitrogens is 2. The Bertz CT molecular complexity index is 2490. The van der Waals surface area contributed by atoms with Crippen molar-refractivity contribution in [3.63, 3.8) is 0 Å². The number of hydrogen-bond donors (Lipinski definition) is 3. The van der Waals surface area contributed by atoms with Crippen molar-refractivity contribution >= 4 is 64.1 Å². The van der Waals surface area contributed by atoms with Gasteiger partial charge in [0, 0.05) is 22.7 Å². The average Bonchev–Trinajstić information content (AvgIpc) is 3.62. The first kappa shape index (κ1) is 36.2. The number of nitrogens with zero attached hydrogens (tertiary/aromatic N) is 4. The summed E-state index contributed by atoms with van der Waals surface area (Å²) in [5.74, 6) is -2.39. The van der Waals surface area contributed by atoms with Crippen LogP contribution in [-0.4, -0.2) is 45.4 Å². The second-order valence-electron chi connectivity index (χ2n) is 14.2. The molecule has 8 rings (SSSR count). The molecule has 6 amide bonds. The lowest BCUT2D eigenvalue weighted by Crippen LogP contribution is -2.30. The lowest BCUT2D eigenvalue weighted by atomic mass is 9.78. The van der Waals surface area contributed by atoms with Gasteiger partial charge in [-0.25, -0.2) is 19.8 Å². The van der Waals surface area contributed by atoms with Crippen LogP contribution in [0.4, 0.5) is 28.7 Å². The Morgan fingerprint density at radius 2 is 0.965 bits per heavy atom. The molecule has 2 aliphatic rings. The third-order valence-corrected chi connectivity index (χ3v) is 10.2. The van der Waals surface area contributed by atoms with Crippen molar-refractivity contribution in [2.45, 2.75) is 26.2 Å². The number of amides is 6. The maximum Gasteiger partial charge on any atom is 0.266 e. The molecule has 13 heteroatoms. The van der Waals surface area contributed by atoms with Crippen LogP contribution in [0.15, 0.2) is 122 Å². The Morgan fingerprint density at radius 3 is 1.37 bits per heavy atom. The highest BCUT2D eigenvalue weighted by atomic mass is 16.2. The Labute approximate surface area is 326 Å². The smallest absolute Gasteiger partial charge is 0.266 e. The fourth-order valence-corrected chi connectivity index (χ4v) is 6.85. The molecule has 0 saturated heterocycles. The molecule has 0 unspecified atom stereocenters. The van der Waals surface area contributed by atoms with E-state index in [-0.39, 0.29) is 39.2 Å². The summed E-state index contributed by atoms with van der Waals surface area (Å²) in [7, 11) is 0. The summed E-state index contributed by atoms with van der Waals surface area (Å²) in [5.41, 5.74) is 10.0. The number of imide groups is 2. The van der Waals surface area contributed by atoms with E-state index in [0.717, 1.165) is 26.5 Å². The van der Waals surface area contributed by atoms with Crippen LogP contribution in [-0.2, 0) is 5.41 Å². The number of carbonyl (C=O) groups is 6. The highest BCUT2D eigenvalue weighted by Gasteiger charge is 2.39. The minimum Gasteiger partial charge on any atom is -0.397 e. The first-order valence-corrected chi connectivity index (χ1v) is 17.8. The number of benzene rings is 4. The topological polar surface area (TPSA) is 185 Å². The molecule has 0 radical (unpaired) electrons. The van der Waals surface area contributed by atoms with Gasteiger partial charge in [0.1, 0.15) is 11.6 Å². The zero-order chi connectivity index (χ0) is 40.2. The van der Waals surface area contributed by atoms with Gasteiger partial charge in [0.05, 0.1) is 45.5 Å². The number of nitrogen functional groups attached to an aromatic ring is 1. The Kier molecular flexibility index (Phi) is 8.76. The number of hydrogen-bond acceptors (Lipinski definition) is 9. The average molecular weight is 756 g/mol. The van der Waals surface area contributed by atoms with Crippen LogP contribution in [0.25, 0.3) is 0 Å². The molecule has 4 aromatic carbocycles. The molecule has 0 saturated carbocycles. The number of nitrogens with two attached hydrogens (primary N) is 1. The van der Waals surface area contributed by atoms with Crippen LogP contribution >= 0.6 is 0 Å². The molecule has 0 fully saturated rings. The Hall–Kier alpha value is -7.80. The van der Waals surface area contributed by atoms with Crippen molar-refractivity contribution in [1.82, 2.24) is 9.97 Å². The van der Waals surface area contributed by atoms with E-state index in [9.17, 15) is 28.8 Å². The molecule has 0 atom stereocenters. The van der Waals surface area contributed by atoms with Gasteiger partial charge in [0.25, 0.3) is 35.4 Å². The van der Waals surface area contributed by atoms with Gasteiger partial charge >= 0.3 is 0 Å². The van der Waals surface area contributed by atoms with Gasteiger partial charge in [0.15, 0.2) is 0 Å². The van der Waals surface area contributed by atoms with Crippen LogP contribution < -0.4 is 26.2 Å². The van der Waals surface area contributed by atoms with Crippen LogP contribution in [0.2, 0.25) is 0 Å². The number of nitrogens with one attached hydrogen (secondary N) is 2. The Morgan fingerprint density at radius 1 is 0.544 bits per heavy atom. The van der Waals surface area contributed by atoms with Crippen LogP contribution in [0.3, 0.4) is 0 Å². The fraction of sp³-hybridized carbons (Fsp3) is 0.0909. The second kappa shape index (κ2) is 13.8. The third-order valence-electron chi connectivity index (χ3n) is 10.2. The van der Waals surface area contributed by atoms with E-state index >= 15 is 0 Å². The van der Waals surface area contributed by atoms with E-state index in [1.54, 1.807) is 48.7 Å².